The van der Waals surface area contributed by atoms with Gasteiger partial charge in [-0.1, -0.05) is 300 Å². The molecule has 0 saturated heterocycles. The molecule has 16 nitrogen and oxygen atoms in total. The summed E-state index contributed by atoms with van der Waals surface area (Å²) in [6.45, 7) is 2.29. The van der Waals surface area contributed by atoms with Gasteiger partial charge in [-0.25, -0.2) is 9.13 Å². The van der Waals surface area contributed by atoms with Gasteiger partial charge in [0.15, 0.2) is 6.10 Å². The molecule has 0 bridgehead atoms. The highest BCUT2D eigenvalue weighted by molar-refractivity contribution is 7.47. The molecule has 0 heterocycles. The average molecular weight is 1480 g/mol. The van der Waals surface area contributed by atoms with Crippen LogP contribution in [-0.4, -0.2) is 95.9 Å². The van der Waals surface area contributed by atoms with Crippen molar-refractivity contribution in [3.8, 4) is 0 Å². The van der Waals surface area contributed by atoms with Gasteiger partial charge in [0.1, 0.15) is 25.4 Å². The van der Waals surface area contributed by atoms with Crippen molar-refractivity contribution in [2.75, 3.05) is 39.6 Å². The van der Waals surface area contributed by atoms with Crippen molar-refractivity contribution in [2.45, 2.75) is 309 Å². The molecule has 0 spiro atoms. The third-order valence-corrected chi connectivity index (χ3v) is 17.8. The maximum Gasteiger partial charge on any atom is 0.472 e. The fraction of sp³-hybridized carbons (Fsp3) is 0.635. The normalized spacial score (nSPS) is 14.9. The van der Waals surface area contributed by atoms with Gasteiger partial charge in [-0.2, -0.15) is 0 Å². The number of carbonyl (C=O) groups excluding carboxylic acids is 3. The van der Waals surface area contributed by atoms with Crippen LogP contribution in [0.3, 0.4) is 0 Å². The Labute approximate surface area is 624 Å². The fourth-order valence-electron chi connectivity index (χ4n) is 9.98. The molecular formula is C85H140O16P2. The summed E-state index contributed by atoms with van der Waals surface area (Å²) in [6.07, 6.45) is 97.1. The van der Waals surface area contributed by atoms with Crippen LogP contribution in [0.25, 0.3) is 0 Å². The molecule has 0 aliphatic heterocycles. The Kier molecular flexibility index (Phi) is 72.8. The van der Waals surface area contributed by atoms with Gasteiger partial charge in [-0.15, -0.1) is 0 Å². The Morgan fingerprint density at radius 3 is 0.874 bits per heavy atom. The van der Waals surface area contributed by atoms with E-state index in [2.05, 4.69) is 173 Å². The molecular weight excluding hydrogens is 1340 g/mol. The van der Waals surface area contributed by atoms with Crippen LogP contribution in [0.2, 0.25) is 0 Å². The van der Waals surface area contributed by atoms with Gasteiger partial charge in [0.05, 0.1) is 26.4 Å². The van der Waals surface area contributed by atoms with Crippen molar-refractivity contribution in [1.29, 1.82) is 0 Å². The van der Waals surface area contributed by atoms with Crippen molar-refractivity contribution < 1.29 is 75.8 Å². The summed E-state index contributed by atoms with van der Waals surface area (Å²) in [7, 11) is -9.83. The number of phosphoric ester groups is 2. The van der Waals surface area contributed by atoms with Gasteiger partial charge >= 0.3 is 33.6 Å². The lowest BCUT2D eigenvalue weighted by Crippen LogP contribution is -2.30. The largest absolute Gasteiger partial charge is 0.472 e. The molecule has 0 aromatic heterocycles. The highest BCUT2D eigenvalue weighted by Crippen LogP contribution is 2.45. The first-order valence-corrected chi connectivity index (χ1v) is 42.4. The zero-order valence-corrected chi connectivity index (χ0v) is 65.7. The van der Waals surface area contributed by atoms with Crippen LogP contribution in [0.5, 0.6) is 0 Å². The molecule has 5 unspecified atom stereocenters. The average Bonchev–Trinajstić information content (AvgIpc) is 0.917. The van der Waals surface area contributed by atoms with Crippen molar-refractivity contribution in [1.82, 2.24) is 0 Å². The summed E-state index contributed by atoms with van der Waals surface area (Å²) < 4.78 is 61.0. The highest BCUT2D eigenvalue weighted by Gasteiger charge is 2.29. The second-order valence-electron chi connectivity index (χ2n) is 25.7. The van der Waals surface area contributed by atoms with E-state index in [-0.39, 0.29) is 19.3 Å². The molecule has 0 radical (unpaired) electrons. The first kappa shape index (κ1) is 97.9. The number of ether oxygens (including phenoxy) is 3. The van der Waals surface area contributed by atoms with Gasteiger partial charge in [-0.3, -0.25) is 32.5 Å². The fourth-order valence-corrected chi connectivity index (χ4v) is 11.6. The third-order valence-electron chi connectivity index (χ3n) is 15.9. The number of allylic oxidation sites excluding steroid dienone is 28. The Morgan fingerprint density at radius 1 is 0.282 bits per heavy atom. The number of esters is 3. The predicted octanol–water partition coefficient (Wildman–Crippen LogP) is 23.2. The minimum atomic E-state index is -4.96. The van der Waals surface area contributed by atoms with Crippen LogP contribution in [0.15, 0.2) is 170 Å². The topological polar surface area (TPSA) is 231 Å². The standard InChI is InChI=1S/C85H140O16P2/c1-4-7-10-13-16-19-22-25-28-31-33-34-35-36-37-38-39-40-41-42-43-44-46-49-50-53-56-59-62-65-68-71-83(88)95-74-80(86)75-97-102(91,92)98-76-81(87)77-99-103(93,94)100-79-82(101-85(90)73-70-67-64-61-58-55-52-47-30-27-24-21-18-15-12-9-6-3)78-96-84(89)72-69-66-63-60-57-54-51-48-45-32-29-26-23-20-17-14-11-8-5-2/h8-9,11-12,16-21,25-30,33-34,36-37,45,48,52,54-55,57,63,66,80-82,86-87H,4-7,10,13-15,22-24,31-32,35,38-44,46-47,49-51,53,56,58-62,64-65,67-79H2,1-3H3,(H,91,92)(H,93,94)/b11-8-,12-9-,19-16-,20-17-,21-18-,28-25-,29-26-,30-27-,34-33-,37-36-,48-45-,55-52-,57-54-,66-63-. The van der Waals surface area contributed by atoms with Crippen LogP contribution in [-0.2, 0) is 55.8 Å². The molecule has 0 aliphatic rings. The summed E-state index contributed by atoms with van der Waals surface area (Å²) in [5, 5.41) is 20.6. The van der Waals surface area contributed by atoms with E-state index in [9.17, 15) is 43.5 Å². The molecule has 0 amide bonds. The van der Waals surface area contributed by atoms with Crippen LogP contribution >= 0.6 is 15.6 Å². The van der Waals surface area contributed by atoms with Gasteiger partial charge in [0.25, 0.3) is 0 Å². The molecule has 0 rings (SSSR count). The van der Waals surface area contributed by atoms with E-state index in [4.69, 9.17) is 32.3 Å². The third kappa shape index (κ3) is 77.8. The zero-order chi connectivity index (χ0) is 75.2. The van der Waals surface area contributed by atoms with E-state index >= 15 is 0 Å². The van der Waals surface area contributed by atoms with Crippen LogP contribution < -0.4 is 0 Å². The van der Waals surface area contributed by atoms with Crippen LogP contribution in [0.1, 0.15) is 290 Å². The summed E-state index contributed by atoms with van der Waals surface area (Å²) in [5.41, 5.74) is 0. The number of unbranched alkanes of at least 4 members (excludes halogenated alkanes) is 22. The summed E-state index contributed by atoms with van der Waals surface area (Å²) >= 11 is 0. The molecule has 0 aliphatic carbocycles. The minimum Gasteiger partial charge on any atom is -0.463 e. The molecule has 0 aromatic carbocycles. The minimum absolute atomic E-state index is 0.0333. The van der Waals surface area contributed by atoms with E-state index in [0.717, 1.165) is 122 Å². The van der Waals surface area contributed by atoms with Crippen LogP contribution in [0, 0.1) is 0 Å². The molecule has 5 atom stereocenters. The number of phosphoric acid groups is 2. The van der Waals surface area contributed by atoms with E-state index < -0.39 is 91.5 Å². The lowest BCUT2D eigenvalue weighted by Gasteiger charge is -2.21. The number of rotatable bonds is 73. The van der Waals surface area contributed by atoms with E-state index in [0.29, 0.717) is 25.7 Å². The van der Waals surface area contributed by atoms with Gasteiger partial charge < -0.3 is 34.2 Å². The monoisotopic (exact) mass is 1480 g/mol. The van der Waals surface area contributed by atoms with Gasteiger partial charge in [0.2, 0.25) is 0 Å². The SMILES string of the molecule is CC/C=C\C/C=C\C/C=C\C/C=C\C/C=C\C/C=C\CCC(=O)OCC(COP(=O)(O)OCC(O)COP(=O)(O)OCC(O)COC(=O)CCCCCCCCCCCCCCCCC/C=C\C/C=C\C/C=C\C/C=C\CCCCC)OC(=O)CCCCCC/C=C\C/C=C\C/C=C\C/C=C\CC. The molecule has 0 fully saturated rings. The van der Waals surface area contributed by atoms with Gasteiger partial charge in [0, 0.05) is 19.3 Å². The number of aliphatic hydroxyl groups is 2. The summed E-state index contributed by atoms with van der Waals surface area (Å²) in [5.74, 6) is -1.71. The Hall–Kier alpha value is -5.09. The number of hydrogen-bond acceptors (Lipinski definition) is 14. The van der Waals surface area contributed by atoms with Crippen LogP contribution in [0.4, 0.5) is 0 Å². The Bertz CT molecular complexity index is 2550. The number of aliphatic hydroxyl groups excluding tert-OH is 2. The number of hydrogen-bond donors (Lipinski definition) is 4. The smallest absolute Gasteiger partial charge is 0.463 e. The maximum atomic E-state index is 13.0. The highest BCUT2D eigenvalue weighted by atomic mass is 31.2. The maximum absolute atomic E-state index is 13.0. The molecule has 0 aromatic rings. The Balaban J connectivity index is 4.58. The summed E-state index contributed by atoms with van der Waals surface area (Å²) in [6, 6.07) is 0. The second-order valence-corrected chi connectivity index (χ2v) is 28.7. The van der Waals surface area contributed by atoms with Gasteiger partial charge in [-0.05, 0) is 141 Å². The zero-order valence-electron chi connectivity index (χ0n) is 63.9. The van der Waals surface area contributed by atoms with Crippen molar-refractivity contribution in [2.24, 2.45) is 0 Å². The molecule has 4 N–H and O–H groups in total. The lowest BCUT2D eigenvalue weighted by molar-refractivity contribution is -0.161. The quantitative estimate of drug-likeness (QED) is 0.0146. The molecule has 0 saturated carbocycles. The molecule has 586 valence electrons. The predicted molar refractivity (Wildman–Crippen MR) is 426 cm³/mol. The van der Waals surface area contributed by atoms with E-state index in [1.165, 1.54) is 103 Å². The molecule has 103 heavy (non-hydrogen) atoms. The Morgan fingerprint density at radius 2 is 0.534 bits per heavy atom. The van der Waals surface area contributed by atoms with E-state index in [1.807, 2.05) is 18.2 Å². The summed E-state index contributed by atoms with van der Waals surface area (Å²) in [4.78, 5) is 58.6. The van der Waals surface area contributed by atoms with E-state index in [1.54, 1.807) is 0 Å². The first-order valence-electron chi connectivity index (χ1n) is 39.4. The van der Waals surface area contributed by atoms with Crippen molar-refractivity contribution in [3.63, 3.8) is 0 Å². The van der Waals surface area contributed by atoms with Crippen molar-refractivity contribution >= 4 is 33.6 Å². The second kappa shape index (κ2) is 76.6. The first-order chi connectivity index (χ1) is 50.2. The lowest BCUT2D eigenvalue weighted by atomic mass is 10.0. The number of carbonyl (C=O) groups is 3. The molecule has 18 heteroatoms. The van der Waals surface area contributed by atoms with Crippen molar-refractivity contribution in [3.05, 3.63) is 170 Å².